The highest BCUT2D eigenvalue weighted by atomic mass is 16.5. The van der Waals surface area contributed by atoms with Crippen molar-refractivity contribution in [1.29, 1.82) is 0 Å². The van der Waals surface area contributed by atoms with E-state index in [1.807, 2.05) is 6.07 Å². The molecule has 0 amide bonds. The Bertz CT molecular complexity index is 730. The molecule has 0 N–H and O–H groups in total. The van der Waals surface area contributed by atoms with Crippen LogP contribution >= 0.6 is 0 Å². The molecule has 134 valence electrons. The summed E-state index contributed by atoms with van der Waals surface area (Å²) in [5, 5.41) is 8.76. The lowest BCUT2D eigenvalue weighted by molar-refractivity contribution is 0.0744. The van der Waals surface area contributed by atoms with Gasteiger partial charge in [0, 0.05) is 24.7 Å². The molecule has 1 aromatic carbocycles. The maximum atomic E-state index is 5.62. The number of aromatic nitrogens is 3. The maximum absolute atomic E-state index is 5.62. The van der Waals surface area contributed by atoms with Crippen molar-refractivity contribution in [2.45, 2.75) is 45.5 Å². The quantitative estimate of drug-likeness (QED) is 0.855. The van der Waals surface area contributed by atoms with Crippen molar-refractivity contribution in [3.05, 3.63) is 41.5 Å². The molecule has 4 rings (SSSR count). The van der Waals surface area contributed by atoms with Crippen LogP contribution in [0.1, 0.15) is 43.0 Å². The fraction of sp³-hybridized carbons (Fsp3) is 0.579. The van der Waals surface area contributed by atoms with Crippen LogP contribution in [0.3, 0.4) is 0 Å². The average Bonchev–Trinajstić information content (AvgIpc) is 3.05. The molecule has 2 aliphatic heterocycles. The van der Waals surface area contributed by atoms with E-state index < -0.39 is 0 Å². The highest BCUT2D eigenvalue weighted by molar-refractivity contribution is 5.36. The first kappa shape index (κ1) is 16.5. The summed E-state index contributed by atoms with van der Waals surface area (Å²) >= 11 is 0. The molecular formula is C19H26N4O2. The predicted octanol–water partition coefficient (Wildman–Crippen LogP) is 2.79. The van der Waals surface area contributed by atoms with Gasteiger partial charge in [-0.05, 0) is 24.8 Å². The standard InChI is InChI=1S/C19H26N4O2/c1-14-7-8-16(15-5-3-4-6-17(15)24-2)22(11-14)12-18-20-21-19-13-25-10-9-23(18)19/h3-6,14,16H,7-13H2,1-2H3/t14-,16-/m1/s1. The van der Waals surface area contributed by atoms with E-state index in [9.17, 15) is 0 Å². The number of nitrogens with zero attached hydrogens (tertiary/aromatic N) is 4. The second-order valence-electron chi connectivity index (χ2n) is 7.11. The Hall–Kier alpha value is -1.92. The summed E-state index contributed by atoms with van der Waals surface area (Å²) < 4.78 is 13.3. The molecule has 2 aliphatic rings. The lowest BCUT2D eigenvalue weighted by Gasteiger charge is -2.39. The Balaban J connectivity index is 1.62. The molecule has 1 fully saturated rings. The molecule has 25 heavy (non-hydrogen) atoms. The summed E-state index contributed by atoms with van der Waals surface area (Å²) in [4.78, 5) is 2.54. The van der Waals surface area contributed by atoms with Crippen LogP contribution in [0, 0.1) is 5.92 Å². The second-order valence-corrected chi connectivity index (χ2v) is 7.11. The minimum Gasteiger partial charge on any atom is -0.496 e. The van der Waals surface area contributed by atoms with Crippen LogP contribution in [-0.4, -0.2) is 39.9 Å². The molecule has 6 heteroatoms. The number of piperidine rings is 1. The fourth-order valence-electron chi connectivity index (χ4n) is 4.07. The molecule has 2 atom stereocenters. The van der Waals surface area contributed by atoms with Crippen LogP contribution in [0.5, 0.6) is 5.75 Å². The van der Waals surface area contributed by atoms with E-state index in [4.69, 9.17) is 9.47 Å². The van der Waals surface area contributed by atoms with Crippen molar-refractivity contribution < 1.29 is 9.47 Å². The van der Waals surface area contributed by atoms with Gasteiger partial charge < -0.3 is 14.0 Å². The molecule has 6 nitrogen and oxygen atoms in total. The zero-order chi connectivity index (χ0) is 17.2. The molecule has 0 bridgehead atoms. The molecule has 0 saturated carbocycles. The predicted molar refractivity (Wildman–Crippen MR) is 94.2 cm³/mol. The minimum absolute atomic E-state index is 0.361. The van der Waals surface area contributed by atoms with Gasteiger partial charge in [-0.25, -0.2) is 0 Å². The highest BCUT2D eigenvalue weighted by Gasteiger charge is 2.31. The summed E-state index contributed by atoms with van der Waals surface area (Å²) in [7, 11) is 1.75. The van der Waals surface area contributed by atoms with Crippen LogP contribution in [0.15, 0.2) is 24.3 Å². The van der Waals surface area contributed by atoms with Gasteiger partial charge in [0.05, 0.1) is 20.3 Å². The van der Waals surface area contributed by atoms with Crippen molar-refractivity contribution in [3.63, 3.8) is 0 Å². The lowest BCUT2D eigenvalue weighted by atomic mass is 9.89. The molecule has 1 aromatic heterocycles. The van der Waals surface area contributed by atoms with Crippen LogP contribution in [0.25, 0.3) is 0 Å². The molecule has 0 spiro atoms. The Morgan fingerprint density at radius 2 is 2.12 bits per heavy atom. The SMILES string of the molecule is COc1ccccc1[C@H]1CC[C@@H](C)CN1Cc1nnc2n1CCOC2. The van der Waals surface area contributed by atoms with E-state index in [1.165, 1.54) is 12.0 Å². The maximum Gasteiger partial charge on any atom is 0.159 e. The number of methoxy groups -OCH3 is 1. The number of hydrogen-bond donors (Lipinski definition) is 0. The van der Waals surface area contributed by atoms with Gasteiger partial charge in [-0.15, -0.1) is 10.2 Å². The Labute approximate surface area is 148 Å². The Morgan fingerprint density at radius 3 is 3.00 bits per heavy atom. The van der Waals surface area contributed by atoms with Crippen LogP contribution in [-0.2, 0) is 24.4 Å². The zero-order valence-corrected chi connectivity index (χ0v) is 15.0. The van der Waals surface area contributed by atoms with Crippen LogP contribution in [0.2, 0.25) is 0 Å². The first-order valence-electron chi connectivity index (χ1n) is 9.12. The fourth-order valence-corrected chi connectivity index (χ4v) is 4.07. The van der Waals surface area contributed by atoms with Gasteiger partial charge in [0.15, 0.2) is 5.82 Å². The monoisotopic (exact) mass is 342 g/mol. The third-order valence-electron chi connectivity index (χ3n) is 5.36. The van der Waals surface area contributed by atoms with Crippen LogP contribution in [0.4, 0.5) is 0 Å². The average molecular weight is 342 g/mol. The Morgan fingerprint density at radius 1 is 1.24 bits per heavy atom. The molecule has 0 aliphatic carbocycles. The number of likely N-dealkylation sites (tertiary alicyclic amines) is 1. The molecule has 2 aromatic rings. The topological polar surface area (TPSA) is 52.4 Å². The largest absolute Gasteiger partial charge is 0.496 e. The minimum atomic E-state index is 0.361. The summed E-state index contributed by atoms with van der Waals surface area (Å²) in [5.74, 6) is 3.66. The smallest absolute Gasteiger partial charge is 0.159 e. The van der Waals surface area contributed by atoms with Gasteiger partial charge in [0.25, 0.3) is 0 Å². The van der Waals surface area contributed by atoms with Gasteiger partial charge in [-0.3, -0.25) is 4.90 Å². The third-order valence-corrected chi connectivity index (χ3v) is 5.36. The first-order valence-corrected chi connectivity index (χ1v) is 9.12. The molecular weight excluding hydrogens is 316 g/mol. The van der Waals surface area contributed by atoms with Gasteiger partial charge in [-0.1, -0.05) is 25.1 Å². The van der Waals surface area contributed by atoms with E-state index in [0.717, 1.165) is 50.1 Å². The summed E-state index contributed by atoms with van der Waals surface area (Å²) in [5.41, 5.74) is 1.28. The number of rotatable bonds is 4. The summed E-state index contributed by atoms with van der Waals surface area (Å²) in [6, 6.07) is 8.75. The highest BCUT2D eigenvalue weighted by Crippen LogP contribution is 2.38. The van der Waals surface area contributed by atoms with Crippen molar-refractivity contribution >= 4 is 0 Å². The summed E-state index contributed by atoms with van der Waals surface area (Å²) in [6.07, 6.45) is 2.39. The number of para-hydroxylation sites is 1. The van der Waals surface area contributed by atoms with Crippen molar-refractivity contribution in [2.75, 3.05) is 20.3 Å². The second kappa shape index (κ2) is 7.14. The number of hydrogen-bond acceptors (Lipinski definition) is 5. The lowest BCUT2D eigenvalue weighted by Crippen LogP contribution is -2.38. The van der Waals surface area contributed by atoms with Gasteiger partial charge >= 0.3 is 0 Å². The van der Waals surface area contributed by atoms with Crippen molar-refractivity contribution in [2.24, 2.45) is 5.92 Å². The third kappa shape index (κ3) is 3.28. The molecule has 1 saturated heterocycles. The number of ether oxygens (including phenoxy) is 2. The molecule has 0 unspecified atom stereocenters. The Kier molecular flexibility index (Phi) is 4.72. The van der Waals surface area contributed by atoms with Crippen molar-refractivity contribution in [3.8, 4) is 5.75 Å². The van der Waals surface area contributed by atoms with E-state index >= 15 is 0 Å². The molecule has 3 heterocycles. The zero-order valence-electron chi connectivity index (χ0n) is 15.0. The first-order chi connectivity index (χ1) is 12.3. The van der Waals surface area contributed by atoms with E-state index in [0.29, 0.717) is 18.6 Å². The van der Waals surface area contributed by atoms with Crippen LogP contribution < -0.4 is 4.74 Å². The van der Waals surface area contributed by atoms with Gasteiger partial charge in [-0.2, -0.15) is 0 Å². The van der Waals surface area contributed by atoms with E-state index in [1.54, 1.807) is 7.11 Å². The van der Waals surface area contributed by atoms with E-state index in [2.05, 4.69) is 44.8 Å². The normalized spacial score (nSPS) is 24.1. The number of benzene rings is 1. The number of fused-ring (bicyclic) bond motifs is 1. The van der Waals surface area contributed by atoms with Gasteiger partial charge in [0.2, 0.25) is 0 Å². The van der Waals surface area contributed by atoms with E-state index in [-0.39, 0.29) is 0 Å². The van der Waals surface area contributed by atoms with Gasteiger partial charge in [0.1, 0.15) is 18.2 Å². The molecule has 0 radical (unpaired) electrons. The van der Waals surface area contributed by atoms with Crippen molar-refractivity contribution in [1.82, 2.24) is 19.7 Å². The summed E-state index contributed by atoms with van der Waals surface area (Å²) in [6.45, 7) is 6.38.